The average Bonchev–Trinajstić information content (AvgIpc) is 1.62. The van der Waals surface area contributed by atoms with Crippen LogP contribution in [0.5, 0.6) is 0 Å². The highest BCUT2D eigenvalue weighted by molar-refractivity contribution is 6.22. The number of hydrogen-bond acceptors (Lipinski definition) is 2. The van der Waals surface area contributed by atoms with E-state index in [1.54, 1.807) is 0 Å². The second kappa shape index (κ2) is 23.7. The lowest BCUT2D eigenvalue weighted by atomic mass is 9.60. The van der Waals surface area contributed by atoms with Gasteiger partial charge in [-0.1, -0.05) is 358 Å². The Kier molecular flexibility index (Phi) is 13.5. The maximum atomic E-state index is 2.60. The first kappa shape index (κ1) is 60.9. The molecule has 0 amide bonds. The van der Waals surface area contributed by atoms with Gasteiger partial charge in [-0.05, 0) is 198 Å². The minimum atomic E-state index is -0.804. The van der Waals surface area contributed by atoms with Crippen molar-refractivity contribution in [3.05, 3.63) is 479 Å². The summed E-state index contributed by atoms with van der Waals surface area (Å²) < 4.78 is 0. The van der Waals surface area contributed by atoms with Crippen LogP contribution < -0.4 is 9.80 Å². The highest BCUT2D eigenvalue weighted by Gasteiger charge is 2.54. The average molecular weight is 1360 g/mol. The monoisotopic (exact) mass is 1360 g/mol. The highest BCUT2D eigenvalue weighted by atomic mass is 15.2. The van der Waals surface area contributed by atoms with Gasteiger partial charge in [-0.3, -0.25) is 0 Å². The molecule has 0 radical (unpaired) electrons. The van der Waals surface area contributed by atoms with Crippen LogP contribution in [0, 0.1) is 0 Å². The van der Waals surface area contributed by atoms with Gasteiger partial charge in [-0.25, -0.2) is 0 Å². The van der Waals surface area contributed by atoms with Crippen molar-refractivity contribution in [1.29, 1.82) is 0 Å². The Morgan fingerprint density at radius 3 is 1.01 bits per heavy atom. The first-order chi connectivity index (χ1) is 53.2. The first-order valence-corrected chi connectivity index (χ1v) is 37.4. The van der Waals surface area contributed by atoms with Gasteiger partial charge < -0.3 is 9.80 Å². The van der Waals surface area contributed by atoms with E-state index >= 15 is 0 Å². The van der Waals surface area contributed by atoms with E-state index < -0.39 is 16.2 Å². The molecule has 0 saturated heterocycles. The smallest absolute Gasteiger partial charge is 0.0748 e. The Morgan fingerprint density at radius 2 is 0.505 bits per heavy atom. The lowest BCUT2D eigenvalue weighted by Crippen LogP contribution is -2.38. The van der Waals surface area contributed by atoms with Gasteiger partial charge in [0.1, 0.15) is 0 Å². The van der Waals surface area contributed by atoms with Crippen LogP contribution in [0.4, 0.5) is 34.1 Å². The van der Waals surface area contributed by atoms with Crippen LogP contribution in [-0.2, 0) is 16.2 Å². The summed E-state index contributed by atoms with van der Waals surface area (Å²) in [6.07, 6.45) is 0. The zero-order valence-electron chi connectivity index (χ0n) is 58.7. The van der Waals surface area contributed by atoms with Crippen molar-refractivity contribution < 1.29 is 0 Å². The summed E-state index contributed by atoms with van der Waals surface area (Å²) in [7, 11) is 0. The third kappa shape index (κ3) is 8.35. The van der Waals surface area contributed by atoms with Gasteiger partial charge >= 0.3 is 0 Å². The Balaban J connectivity index is 0.913. The zero-order valence-corrected chi connectivity index (χ0v) is 58.7. The van der Waals surface area contributed by atoms with Crippen molar-refractivity contribution in [2.75, 3.05) is 9.80 Å². The van der Waals surface area contributed by atoms with Gasteiger partial charge in [-0.2, -0.15) is 0 Å². The van der Waals surface area contributed by atoms with Crippen molar-refractivity contribution in [2.45, 2.75) is 16.2 Å². The molecule has 2 aliphatic heterocycles. The molecule has 0 fully saturated rings. The minimum Gasteiger partial charge on any atom is -0.310 e. The van der Waals surface area contributed by atoms with Crippen molar-refractivity contribution in [2.24, 2.45) is 0 Å². The molecule has 107 heavy (non-hydrogen) atoms. The molecule has 0 saturated carbocycles. The number of rotatable bonds is 9. The maximum absolute atomic E-state index is 2.60. The number of anilines is 6. The SMILES string of the molecule is c1ccc(N2c3ccccc3C(c3ccccc3)(c3ccccc3)c3c(-c4cccc5c(-c6cccc7c6-c6ccccc6C76c7ccccc7-c7ccc8ccccc8c76)c6cccc(-c7cccc8c7C(c7ccccc7)(c7ccccc7)c7ccccc7N8c7ccccc7)c6cc45)cccc32)cc1. The number of nitrogens with zero attached hydrogens (tertiary/aromatic N) is 2. The summed E-state index contributed by atoms with van der Waals surface area (Å²) in [5.74, 6) is 0. The van der Waals surface area contributed by atoms with Crippen LogP contribution >= 0.6 is 0 Å². The Morgan fingerprint density at radius 1 is 0.168 bits per heavy atom. The largest absolute Gasteiger partial charge is 0.310 e. The summed E-state index contributed by atoms with van der Waals surface area (Å²) >= 11 is 0. The molecule has 18 aromatic carbocycles. The molecular weight excluding hydrogens is 1290 g/mol. The number of hydrogen-bond donors (Lipinski definition) is 0. The third-order valence-corrected chi connectivity index (χ3v) is 24.2. The molecule has 0 N–H and O–H groups in total. The first-order valence-electron chi connectivity index (χ1n) is 37.4. The molecule has 1 spiro atoms. The van der Waals surface area contributed by atoms with Gasteiger partial charge in [0, 0.05) is 22.5 Å². The molecule has 498 valence electrons. The van der Waals surface area contributed by atoms with E-state index in [0.29, 0.717) is 0 Å². The second-order valence-corrected chi connectivity index (χ2v) is 29.1. The number of fused-ring (bicyclic) bond motifs is 18. The molecule has 22 rings (SSSR count). The van der Waals surface area contributed by atoms with Crippen LogP contribution in [0.25, 0.3) is 88.0 Å². The summed E-state index contributed by atoms with van der Waals surface area (Å²) in [5, 5.41) is 7.20. The van der Waals surface area contributed by atoms with E-state index in [0.717, 1.165) is 67.2 Å². The Labute approximate surface area is 623 Å². The fourth-order valence-corrected chi connectivity index (χ4v) is 20.3. The van der Waals surface area contributed by atoms with E-state index in [4.69, 9.17) is 0 Å². The lowest BCUT2D eigenvalue weighted by molar-refractivity contribution is 0.733. The molecule has 1 unspecified atom stereocenters. The van der Waals surface area contributed by atoms with Crippen LogP contribution in [0.1, 0.15) is 66.8 Å². The van der Waals surface area contributed by atoms with Gasteiger partial charge in [-0.15, -0.1) is 0 Å². The van der Waals surface area contributed by atoms with Crippen LogP contribution in [0.15, 0.2) is 413 Å². The fourth-order valence-electron chi connectivity index (χ4n) is 20.3. The normalized spacial score (nSPS) is 15.1. The highest BCUT2D eigenvalue weighted by Crippen LogP contribution is 2.68. The lowest BCUT2D eigenvalue weighted by Gasteiger charge is -2.47. The topological polar surface area (TPSA) is 6.48 Å². The Bertz CT molecular complexity index is 6260. The molecule has 0 bridgehead atoms. The molecule has 2 heterocycles. The number of para-hydroxylation sites is 4. The molecule has 0 aromatic heterocycles. The van der Waals surface area contributed by atoms with Crippen LogP contribution in [-0.4, -0.2) is 0 Å². The summed E-state index contributed by atoms with van der Waals surface area (Å²) in [5.41, 5.74) is 31.6. The standard InChI is InChI=1S/C105H68N2/c1-7-35-70(36-8-1)103(71-37-9-2-10-38-71)91-59-25-27-62-94(91)106(74-43-15-5-16-44-74)96-64-32-54-82(101(96)103)77-50-29-52-80-87(77)68-88-78(83-55-33-65-97-102(83)104(72-39-11-3-12-40-72,73-41-13-4-14-42-73)92-60-26-28-63-95(92)107(97)75-45-17-6-18-46-75)51-30-53-81(88)98(80)86-56-31-61-93-99(86)85-49-22-24-58-90(85)105(93)89-57-23-21-48-79(89)84-67-66-69-34-19-20-47-76(69)100(84)105/h1-68H. The van der Waals surface area contributed by atoms with Gasteiger partial charge in [0.05, 0.1) is 39.0 Å². The summed E-state index contributed by atoms with van der Waals surface area (Å²) in [6, 6.07) is 157. The van der Waals surface area contributed by atoms with Crippen molar-refractivity contribution in [3.8, 4) is 55.6 Å². The molecule has 18 aromatic rings. The van der Waals surface area contributed by atoms with Gasteiger partial charge in [0.15, 0.2) is 0 Å². The molecule has 2 aliphatic carbocycles. The number of benzene rings is 18. The summed E-state index contributed by atoms with van der Waals surface area (Å²) in [6.45, 7) is 0. The van der Waals surface area contributed by atoms with E-state index in [-0.39, 0.29) is 0 Å². The van der Waals surface area contributed by atoms with E-state index in [1.165, 1.54) is 122 Å². The van der Waals surface area contributed by atoms with Crippen molar-refractivity contribution in [1.82, 2.24) is 0 Å². The molecule has 2 nitrogen and oxygen atoms in total. The van der Waals surface area contributed by atoms with Crippen LogP contribution in [0.3, 0.4) is 0 Å². The van der Waals surface area contributed by atoms with E-state index in [1.807, 2.05) is 0 Å². The van der Waals surface area contributed by atoms with Crippen LogP contribution in [0.2, 0.25) is 0 Å². The van der Waals surface area contributed by atoms with Crippen molar-refractivity contribution in [3.63, 3.8) is 0 Å². The molecular formula is C105H68N2. The predicted molar refractivity (Wildman–Crippen MR) is 445 cm³/mol. The van der Waals surface area contributed by atoms with E-state index in [2.05, 4.69) is 422 Å². The predicted octanol–water partition coefficient (Wildman–Crippen LogP) is 26.8. The second-order valence-electron chi connectivity index (χ2n) is 29.1. The van der Waals surface area contributed by atoms with E-state index in [9.17, 15) is 0 Å². The molecule has 1 atom stereocenters. The van der Waals surface area contributed by atoms with Gasteiger partial charge in [0.25, 0.3) is 0 Å². The summed E-state index contributed by atoms with van der Waals surface area (Å²) in [4.78, 5) is 5.04. The molecule has 2 heteroatoms. The Hall–Kier alpha value is -13.7. The maximum Gasteiger partial charge on any atom is 0.0748 e. The minimum absolute atomic E-state index is 0.629. The fraction of sp³-hybridized carbons (Fsp3) is 0.0286. The molecule has 4 aliphatic rings. The van der Waals surface area contributed by atoms with Crippen molar-refractivity contribution >= 4 is 66.4 Å². The zero-order chi connectivity index (χ0) is 70.4. The quantitative estimate of drug-likeness (QED) is 0.133. The van der Waals surface area contributed by atoms with Gasteiger partial charge in [0.2, 0.25) is 0 Å². The third-order valence-electron chi connectivity index (χ3n) is 24.2.